The Labute approximate surface area is 123 Å². The zero-order valence-electron chi connectivity index (χ0n) is 12.1. The first-order chi connectivity index (χ1) is 9.86. The summed E-state index contributed by atoms with van der Waals surface area (Å²) in [5.41, 5.74) is 1.42. The van der Waals surface area contributed by atoms with Crippen LogP contribution in [0.2, 0.25) is 0 Å². The van der Waals surface area contributed by atoms with Crippen molar-refractivity contribution in [2.45, 2.75) is 57.9 Å². The van der Waals surface area contributed by atoms with Crippen LogP contribution in [0, 0.1) is 5.92 Å². The molecule has 1 saturated carbocycles. The minimum absolute atomic E-state index is 0.553. The molecule has 0 bridgehead atoms. The summed E-state index contributed by atoms with van der Waals surface area (Å²) in [6.45, 7) is 3.21. The second-order valence-corrected chi connectivity index (χ2v) is 7.08. The molecule has 1 aliphatic heterocycles. The van der Waals surface area contributed by atoms with Crippen LogP contribution >= 0.6 is 11.3 Å². The Morgan fingerprint density at radius 2 is 2.15 bits per heavy atom. The fourth-order valence-electron chi connectivity index (χ4n) is 3.75. The van der Waals surface area contributed by atoms with Gasteiger partial charge in [-0.2, -0.15) is 5.10 Å². The van der Waals surface area contributed by atoms with Gasteiger partial charge in [-0.25, -0.2) is 9.50 Å². The van der Waals surface area contributed by atoms with Crippen LogP contribution < -0.4 is 5.32 Å². The normalized spacial score (nSPS) is 24.1. The van der Waals surface area contributed by atoms with E-state index in [-0.39, 0.29) is 0 Å². The second-order valence-electron chi connectivity index (χ2n) is 6.07. The molecule has 1 aliphatic carbocycles. The number of rotatable bonds is 2. The van der Waals surface area contributed by atoms with E-state index in [0.717, 1.165) is 36.1 Å². The lowest BCUT2D eigenvalue weighted by Gasteiger charge is -2.33. The Morgan fingerprint density at radius 3 is 2.95 bits per heavy atom. The van der Waals surface area contributed by atoms with Crippen LogP contribution in [0.4, 0.5) is 0 Å². The van der Waals surface area contributed by atoms with Gasteiger partial charge in [0.2, 0.25) is 4.96 Å². The molecule has 0 spiro atoms. The fourth-order valence-corrected chi connectivity index (χ4v) is 5.04. The highest BCUT2D eigenvalue weighted by molar-refractivity contribution is 7.17. The molecule has 4 rings (SSSR count). The number of hydrogen-bond acceptors (Lipinski definition) is 4. The highest BCUT2D eigenvalue weighted by atomic mass is 32.1. The van der Waals surface area contributed by atoms with E-state index >= 15 is 0 Å². The number of nitrogens with one attached hydrogen (secondary N) is 1. The van der Waals surface area contributed by atoms with Gasteiger partial charge < -0.3 is 5.32 Å². The second kappa shape index (κ2) is 5.11. The van der Waals surface area contributed by atoms with Crippen molar-refractivity contribution in [3.8, 4) is 0 Å². The molecular weight excluding hydrogens is 268 g/mol. The topological polar surface area (TPSA) is 42.2 Å². The highest BCUT2D eigenvalue weighted by Crippen LogP contribution is 2.40. The first-order valence-corrected chi connectivity index (χ1v) is 8.79. The molecule has 2 aliphatic rings. The quantitative estimate of drug-likeness (QED) is 0.924. The third-order valence-electron chi connectivity index (χ3n) is 4.81. The lowest BCUT2D eigenvalue weighted by atomic mass is 9.82. The van der Waals surface area contributed by atoms with Crippen molar-refractivity contribution in [3.05, 3.63) is 16.4 Å². The standard InChI is InChI=1S/C15H22N4S/c1-2-12-17-15-19(18-12)11-8-9-16-13(14(11)20-15)10-6-4-3-5-7-10/h10,13,16H,2-9H2,1H3. The summed E-state index contributed by atoms with van der Waals surface area (Å²) in [5.74, 6) is 1.80. The molecule has 2 aromatic rings. The monoisotopic (exact) mass is 290 g/mol. The molecular formula is C15H22N4S. The summed E-state index contributed by atoms with van der Waals surface area (Å²) < 4.78 is 2.12. The number of aromatic nitrogens is 3. The SMILES string of the molecule is CCc1nc2sc3c(n2n1)CCNC3C1CCCCC1. The first-order valence-electron chi connectivity index (χ1n) is 7.97. The largest absolute Gasteiger partial charge is 0.309 e. The van der Waals surface area contributed by atoms with E-state index in [1.165, 1.54) is 42.7 Å². The zero-order chi connectivity index (χ0) is 13.5. The maximum absolute atomic E-state index is 4.67. The Balaban J connectivity index is 1.73. The van der Waals surface area contributed by atoms with Gasteiger partial charge in [0, 0.05) is 30.3 Å². The number of hydrogen-bond donors (Lipinski definition) is 1. The maximum atomic E-state index is 4.67. The van der Waals surface area contributed by atoms with E-state index in [0.29, 0.717) is 6.04 Å². The average molecular weight is 290 g/mol. The third kappa shape index (κ3) is 1.99. The molecule has 108 valence electrons. The molecule has 0 saturated heterocycles. The van der Waals surface area contributed by atoms with Crippen LogP contribution in [0.25, 0.3) is 4.96 Å². The minimum atomic E-state index is 0.553. The predicted octanol–water partition coefficient (Wildman–Crippen LogP) is 3.12. The number of thiazole rings is 1. The Kier molecular flexibility index (Phi) is 3.27. The van der Waals surface area contributed by atoms with Crippen molar-refractivity contribution >= 4 is 16.3 Å². The van der Waals surface area contributed by atoms with Crippen LogP contribution in [0.3, 0.4) is 0 Å². The van der Waals surface area contributed by atoms with Crippen molar-refractivity contribution in [2.24, 2.45) is 5.92 Å². The summed E-state index contributed by atoms with van der Waals surface area (Å²) >= 11 is 1.86. The van der Waals surface area contributed by atoms with E-state index in [2.05, 4.69) is 26.8 Å². The Morgan fingerprint density at radius 1 is 1.30 bits per heavy atom. The molecule has 1 N–H and O–H groups in total. The summed E-state index contributed by atoms with van der Waals surface area (Å²) in [4.78, 5) is 7.27. The minimum Gasteiger partial charge on any atom is -0.309 e. The third-order valence-corrected chi connectivity index (χ3v) is 5.96. The molecule has 1 fully saturated rings. The molecule has 4 nitrogen and oxygen atoms in total. The van der Waals surface area contributed by atoms with Crippen molar-refractivity contribution in [1.29, 1.82) is 0 Å². The fraction of sp³-hybridized carbons (Fsp3) is 0.733. The van der Waals surface area contributed by atoms with Gasteiger partial charge >= 0.3 is 0 Å². The average Bonchev–Trinajstić information content (AvgIpc) is 3.05. The van der Waals surface area contributed by atoms with Gasteiger partial charge in [0.15, 0.2) is 5.82 Å². The highest BCUT2D eigenvalue weighted by Gasteiger charge is 2.32. The summed E-state index contributed by atoms with van der Waals surface area (Å²) in [7, 11) is 0. The summed E-state index contributed by atoms with van der Waals surface area (Å²) in [5, 5.41) is 8.44. The van der Waals surface area contributed by atoms with E-state index in [4.69, 9.17) is 0 Å². The molecule has 1 unspecified atom stereocenters. The smallest absolute Gasteiger partial charge is 0.212 e. The molecule has 0 aromatic carbocycles. The van der Waals surface area contributed by atoms with Gasteiger partial charge in [0.1, 0.15) is 0 Å². The van der Waals surface area contributed by atoms with E-state index in [1.54, 1.807) is 0 Å². The Hall–Kier alpha value is -0.940. The van der Waals surface area contributed by atoms with Crippen molar-refractivity contribution in [1.82, 2.24) is 19.9 Å². The van der Waals surface area contributed by atoms with Gasteiger partial charge in [0.05, 0.1) is 5.69 Å². The van der Waals surface area contributed by atoms with Crippen LogP contribution in [0.1, 0.15) is 61.5 Å². The van der Waals surface area contributed by atoms with Crippen LogP contribution in [0.15, 0.2) is 0 Å². The predicted molar refractivity (Wildman–Crippen MR) is 81.3 cm³/mol. The van der Waals surface area contributed by atoms with E-state index in [1.807, 2.05) is 11.3 Å². The van der Waals surface area contributed by atoms with E-state index < -0.39 is 0 Å². The van der Waals surface area contributed by atoms with Gasteiger partial charge in [-0.05, 0) is 18.8 Å². The molecule has 0 amide bonds. The van der Waals surface area contributed by atoms with Gasteiger partial charge in [-0.1, -0.05) is 37.5 Å². The van der Waals surface area contributed by atoms with Crippen LogP contribution in [-0.4, -0.2) is 21.1 Å². The van der Waals surface area contributed by atoms with Crippen LogP contribution in [0.5, 0.6) is 0 Å². The van der Waals surface area contributed by atoms with Crippen molar-refractivity contribution < 1.29 is 0 Å². The van der Waals surface area contributed by atoms with Gasteiger partial charge in [0.25, 0.3) is 0 Å². The number of aryl methyl sites for hydroxylation is 1. The molecule has 2 aromatic heterocycles. The molecule has 0 radical (unpaired) electrons. The van der Waals surface area contributed by atoms with Gasteiger partial charge in [-0.15, -0.1) is 0 Å². The lowest BCUT2D eigenvalue weighted by molar-refractivity contribution is 0.266. The van der Waals surface area contributed by atoms with E-state index in [9.17, 15) is 0 Å². The van der Waals surface area contributed by atoms with Crippen molar-refractivity contribution in [2.75, 3.05) is 6.54 Å². The molecule has 1 atom stereocenters. The molecule has 5 heteroatoms. The van der Waals surface area contributed by atoms with Gasteiger partial charge in [-0.3, -0.25) is 0 Å². The number of fused-ring (bicyclic) bond motifs is 3. The number of nitrogens with zero attached hydrogens (tertiary/aromatic N) is 3. The first kappa shape index (κ1) is 12.8. The molecule has 20 heavy (non-hydrogen) atoms. The lowest BCUT2D eigenvalue weighted by Crippen LogP contribution is -2.35. The molecule has 3 heterocycles. The summed E-state index contributed by atoms with van der Waals surface area (Å²) in [6.07, 6.45) is 9.00. The summed E-state index contributed by atoms with van der Waals surface area (Å²) in [6, 6.07) is 0.553. The zero-order valence-corrected chi connectivity index (χ0v) is 12.9. The maximum Gasteiger partial charge on any atom is 0.212 e. The van der Waals surface area contributed by atoms with Crippen LogP contribution in [-0.2, 0) is 12.8 Å². The van der Waals surface area contributed by atoms with Crippen molar-refractivity contribution in [3.63, 3.8) is 0 Å². The Bertz CT molecular complexity index is 609.